The van der Waals surface area contributed by atoms with Crippen molar-refractivity contribution >= 4 is 29.2 Å². The summed E-state index contributed by atoms with van der Waals surface area (Å²) in [6.07, 6.45) is 1.95. The van der Waals surface area contributed by atoms with E-state index in [1.807, 2.05) is 36.4 Å². The van der Waals surface area contributed by atoms with E-state index < -0.39 is 0 Å². The van der Waals surface area contributed by atoms with Gasteiger partial charge in [-0.05, 0) is 63.6 Å². The molecular weight excluding hydrogens is 360 g/mol. The largest absolute Gasteiger partial charge is 0.372 e. The van der Waals surface area contributed by atoms with Crippen LogP contribution in [0.3, 0.4) is 0 Å². The van der Waals surface area contributed by atoms with E-state index in [2.05, 4.69) is 66.9 Å². The molecule has 0 fully saturated rings. The molecule has 0 saturated carbocycles. The maximum Gasteiger partial charge on any atom is 0.282 e. The predicted molar refractivity (Wildman–Crippen MR) is 122 cm³/mol. The quantitative estimate of drug-likeness (QED) is 0.648. The highest BCUT2D eigenvalue weighted by molar-refractivity contribution is 6.32. The van der Waals surface area contributed by atoms with Crippen LogP contribution in [-0.2, 0) is 4.79 Å². The average Bonchev–Trinajstić information content (AvgIpc) is 3.08. The van der Waals surface area contributed by atoms with E-state index in [0.29, 0.717) is 5.57 Å². The van der Waals surface area contributed by atoms with Gasteiger partial charge in [0, 0.05) is 31.9 Å². The minimum Gasteiger partial charge on any atom is -0.372 e. The van der Waals surface area contributed by atoms with Crippen molar-refractivity contribution in [2.75, 3.05) is 36.1 Å². The number of benzene rings is 2. The van der Waals surface area contributed by atoms with Crippen LogP contribution in [0.5, 0.6) is 0 Å². The molecule has 3 rings (SSSR count). The van der Waals surface area contributed by atoms with Crippen molar-refractivity contribution in [3.05, 3.63) is 65.7 Å². The first-order valence-electron chi connectivity index (χ1n) is 10.4. The molecule has 5 heteroatoms. The van der Waals surface area contributed by atoms with Crippen LogP contribution in [0.4, 0.5) is 11.4 Å². The highest BCUT2D eigenvalue weighted by atomic mass is 16.2. The standard InChI is InChI=1S/C24H30N4O/c1-5-26(6-2)20-16-14-19(15-17-20)18-22-23(27(7-3)8-4)25-28(24(22)29)21-12-10-9-11-13-21/h9-18H,5-8H2,1-4H3. The SMILES string of the molecule is CCN(CC)C1=NN(c2ccccc2)C(=O)C1=Cc1ccc(N(CC)CC)cc1. The molecule has 2 aromatic carbocycles. The second-order valence-electron chi connectivity index (χ2n) is 6.87. The van der Waals surface area contributed by atoms with Gasteiger partial charge in [-0.3, -0.25) is 4.79 Å². The van der Waals surface area contributed by atoms with Crippen molar-refractivity contribution in [3.8, 4) is 0 Å². The summed E-state index contributed by atoms with van der Waals surface area (Å²) in [5.41, 5.74) is 3.60. The Kier molecular flexibility index (Phi) is 6.70. The van der Waals surface area contributed by atoms with Crippen molar-refractivity contribution in [1.82, 2.24) is 4.90 Å². The minimum absolute atomic E-state index is 0.0917. The maximum atomic E-state index is 13.2. The smallest absolute Gasteiger partial charge is 0.282 e. The molecule has 0 unspecified atom stereocenters. The Bertz CT molecular complexity index is 879. The Morgan fingerprint density at radius 1 is 0.828 bits per heavy atom. The van der Waals surface area contributed by atoms with E-state index in [0.717, 1.165) is 43.3 Å². The second-order valence-corrected chi connectivity index (χ2v) is 6.87. The summed E-state index contributed by atoms with van der Waals surface area (Å²) in [6, 6.07) is 18.0. The maximum absolute atomic E-state index is 13.2. The molecule has 2 aromatic rings. The fourth-order valence-corrected chi connectivity index (χ4v) is 3.57. The van der Waals surface area contributed by atoms with Crippen molar-refractivity contribution in [2.45, 2.75) is 27.7 Å². The lowest BCUT2D eigenvalue weighted by atomic mass is 10.1. The number of hydrogen-bond donors (Lipinski definition) is 0. The first-order chi connectivity index (χ1) is 14.1. The van der Waals surface area contributed by atoms with Crippen LogP contribution in [0.2, 0.25) is 0 Å². The van der Waals surface area contributed by atoms with Gasteiger partial charge in [0.05, 0.1) is 11.3 Å². The monoisotopic (exact) mass is 390 g/mol. The fraction of sp³-hybridized carbons (Fsp3) is 0.333. The molecule has 29 heavy (non-hydrogen) atoms. The molecule has 1 aliphatic heterocycles. The van der Waals surface area contributed by atoms with Gasteiger partial charge in [-0.25, -0.2) is 0 Å². The number of nitrogens with zero attached hydrogens (tertiary/aromatic N) is 4. The number of hydrogen-bond acceptors (Lipinski definition) is 4. The minimum atomic E-state index is -0.0917. The number of hydrazone groups is 1. The van der Waals surface area contributed by atoms with Crippen molar-refractivity contribution in [2.24, 2.45) is 5.10 Å². The van der Waals surface area contributed by atoms with Crippen LogP contribution >= 0.6 is 0 Å². The topological polar surface area (TPSA) is 39.1 Å². The van der Waals surface area contributed by atoms with Crippen LogP contribution < -0.4 is 9.91 Å². The lowest BCUT2D eigenvalue weighted by Crippen LogP contribution is -2.31. The van der Waals surface area contributed by atoms with Crippen LogP contribution in [0, 0.1) is 0 Å². The van der Waals surface area contributed by atoms with Crippen LogP contribution in [-0.4, -0.2) is 42.8 Å². The van der Waals surface area contributed by atoms with Crippen LogP contribution in [0.1, 0.15) is 33.3 Å². The van der Waals surface area contributed by atoms with Gasteiger partial charge in [0.25, 0.3) is 5.91 Å². The Morgan fingerprint density at radius 2 is 1.41 bits per heavy atom. The molecular formula is C24H30N4O. The zero-order valence-corrected chi connectivity index (χ0v) is 17.8. The van der Waals surface area contributed by atoms with Crippen LogP contribution in [0.15, 0.2) is 65.3 Å². The van der Waals surface area contributed by atoms with E-state index >= 15 is 0 Å². The Hall–Kier alpha value is -3.08. The van der Waals surface area contributed by atoms with Crippen molar-refractivity contribution in [1.29, 1.82) is 0 Å². The van der Waals surface area contributed by atoms with Gasteiger partial charge < -0.3 is 9.80 Å². The third kappa shape index (κ3) is 4.34. The van der Waals surface area contributed by atoms with E-state index in [1.54, 1.807) is 0 Å². The van der Waals surface area contributed by atoms with Gasteiger partial charge in [0.2, 0.25) is 0 Å². The summed E-state index contributed by atoms with van der Waals surface area (Å²) in [7, 11) is 0. The van der Waals surface area contributed by atoms with E-state index in [4.69, 9.17) is 0 Å². The summed E-state index contributed by atoms with van der Waals surface area (Å²) < 4.78 is 0. The van der Waals surface area contributed by atoms with Crippen LogP contribution in [0.25, 0.3) is 6.08 Å². The molecule has 0 bridgehead atoms. The first kappa shape index (κ1) is 20.6. The summed E-state index contributed by atoms with van der Waals surface area (Å²) in [4.78, 5) is 17.7. The summed E-state index contributed by atoms with van der Waals surface area (Å²) in [5, 5.41) is 6.18. The third-order valence-electron chi connectivity index (χ3n) is 5.25. The molecule has 0 aliphatic carbocycles. The predicted octanol–water partition coefficient (Wildman–Crippen LogP) is 4.62. The lowest BCUT2D eigenvalue weighted by Gasteiger charge is -2.21. The number of carbonyl (C=O) groups is 1. The van der Waals surface area contributed by atoms with Gasteiger partial charge in [0.1, 0.15) is 0 Å². The number of para-hydroxylation sites is 1. The highest BCUT2D eigenvalue weighted by Gasteiger charge is 2.33. The van der Waals surface area contributed by atoms with E-state index in [1.165, 1.54) is 10.7 Å². The van der Waals surface area contributed by atoms with Gasteiger partial charge in [-0.1, -0.05) is 30.3 Å². The normalized spacial score (nSPS) is 15.0. The Balaban J connectivity index is 1.97. The molecule has 0 spiro atoms. The first-order valence-corrected chi connectivity index (χ1v) is 10.4. The Labute approximate surface area is 173 Å². The average molecular weight is 391 g/mol. The molecule has 1 heterocycles. The summed E-state index contributed by atoms with van der Waals surface area (Å²) in [6.45, 7) is 12.0. The molecule has 0 radical (unpaired) electrons. The summed E-state index contributed by atoms with van der Waals surface area (Å²) in [5.74, 6) is 0.641. The fourth-order valence-electron chi connectivity index (χ4n) is 3.57. The molecule has 0 atom stereocenters. The number of anilines is 2. The molecule has 152 valence electrons. The molecule has 0 aromatic heterocycles. The van der Waals surface area contributed by atoms with Crippen molar-refractivity contribution in [3.63, 3.8) is 0 Å². The highest BCUT2D eigenvalue weighted by Crippen LogP contribution is 2.26. The number of likely N-dealkylation sites (N-methyl/N-ethyl adjacent to an activating group) is 1. The number of carbonyl (C=O) groups excluding carboxylic acids is 1. The molecule has 0 saturated heterocycles. The molecule has 1 aliphatic rings. The van der Waals surface area contributed by atoms with Gasteiger partial charge >= 0.3 is 0 Å². The van der Waals surface area contributed by atoms with E-state index in [-0.39, 0.29) is 5.91 Å². The number of amidine groups is 1. The summed E-state index contributed by atoms with van der Waals surface area (Å²) >= 11 is 0. The van der Waals surface area contributed by atoms with Gasteiger partial charge in [-0.15, -0.1) is 5.10 Å². The van der Waals surface area contributed by atoms with Gasteiger partial charge in [-0.2, -0.15) is 5.01 Å². The zero-order valence-electron chi connectivity index (χ0n) is 17.8. The second kappa shape index (κ2) is 9.41. The number of amides is 1. The lowest BCUT2D eigenvalue weighted by molar-refractivity contribution is -0.114. The molecule has 5 nitrogen and oxygen atoms in total. The molecule has 1 amide bonds. The molecule has 0 N–H and O–H groups in total. The third-order valence-corrected chi connectivity index (χ3v) is 5.25. The van der Waals surface area contributed by atoms with E-state index in [9.17, 15) is 4.79 Å². The van der Waals surface area contributed by atoms with Crippen molar-refractivity contribution < 1.29 is 4.79 Å². The zero-order chi connectivity index (χ0) is 20.8. The number of rotatable bonds is 7. The van der Waals surface area contributed by atoms with Gasteiger partial charge in [0.15, 0.2) is 5.84 Å². The Morgan fingerprint density at radius 3 is 1.97 bits per heavy atom.